The number of nitrogens with zero attached hydrogens (tertiary/aromatic N) is 1. The zero-order valence-electron chi connectivity index (χ0n) is 12.1. The average Bonchev–Trinajstić information content (AvgIpc) is 2.48. The first-order valence-corrected chi connectivity index (χ1v) is 7.30. The van der Waals surface area contributed by atoms with Crippen LogP contribution in [0.2, 0.25) is 0 Å². The van der Waals surface area contributed by atoms with Gasteiger partial charge in [-0.3, -0.25) is 0 Å². The maximum absolute atomic E-state index is 5.91. The summed E-state index contributed by atoms with van der Waals surface area (Å²) in [7, 11) is 3.87. The van der Waals surface area contributed by atoms with Crippen molar-refractivity contribution in [2.45, 2.75) is 25.7 Å². The summed E-state index contributed by atoms with van der Waals surface area (Å²) in [5.41, 5.74) is 7.16. The fraction of sp³-hybridized carbons (Fsp3) is 0.625. The summed E-state index contributed by atoms with van der Waals surface area (Å²) in [6, 6.07) is 8.29. The Bertz CT molecular complexity index is 377. The van der Waals surface area contributed by atoms with E-state index in [-0.39, 0.29) is 0 Å². The molecule has 0 heterocycles. The first kappa shape index (κ1) is 14.2. The van der Waals surface area contributed by atoms with Gasteiger partial charge in [0.1, 0.15) is 5.75 Å². The highest BCUT2D eigenvalue weighted by Gasteiger charge is 2.24. The lowest BCUT2D eigenvalue weighted by Gasteiger charge is -2.34. The molecule has 106 valence electrons. The molecule has 3 heteroatoms. The van der Waals surface area contributed by atoms with Crippen LogP contribution in [0.3, 0.4) is 0 Å². The Morgan fingerprint density at radius 1 is 1.16 bits per heavy atom. The minimum absolute atomic E-state index is 0.703. The van der Waals surface area contributed by atoms with Crippen LogP contribution in [-0.4, -0.2) is 27.2 Å². The largest absolute Gasteiger partial charge is 0.497 e. The Balaban J connectivity index is 1.96. The first-order valence-electron chi connectivity index (χ1n) is 7.30. The van der Waals surface area contributed by atoms with Crippen LogP contribution in [0.4, 0.5) is 5.69 Å². The zero-order valence-corrected chi connectivity index (χ0v) is 12.1. The van der Waals surface area contributed by atoms with E-state index < -0.39 is 0 Å². The Kier molecular flexibility index (Phi) is 5.08. The molecule has 2 rings (SSSR count). The van der Waals surface area contributed by atoms with E-state index in [4.69, 9.17) is 10.5 Å². The molecule has 0 aromatic heterocycles. The van der Waals surface area contributed by atoms with E-state index in [0.29, 0.717) is 5.92 Å². The fourth-order valence-corrected chi connectivity index (χ4v) is 3.13. The van der Waals surface area contributed by atoms with Crippen molar-refractivity contribution in [1.29, 1.82) is 0 Å². The predicted molar refractivity (Wildman–Crippen MR) is 80.8 cm³/mol. The van der Waals surface area contributed by atoms with Crippen molar-refractivity contribution in [2.24, 2.45) is 17.6 Å². The first-order chi connectivity index (χ1) is 9.24. The Hall–Kier alpha value is -1.22. The number of ether oxygens (including phenoxy) is 1. The summed E-state index contributed by atoms with van der Waals surface area (Å²) >= 11 is 0. The van der Waals surface area contributed by atoms with Crippen LogP contribution in [0.25, 0.3) is 0 Å². The van der Waals surface area contributed by atoms with Crippen molar-refractivity contribution < 1.29 is 4.74 Å². The van der Waals surface area contributed by atoms with Gasteiger partial charge in [0.2, 0.25) is 0 Å². The van der Waals surface area contributed by atoms with Crippen LogP contribution in [0.15, 0.2) is 24.3 Å². The Morgan fingerprint density at radius 3 is 2.37 bits per heavy atom. The van der Waals surface area contributed by atoms with Crippen LogP contribution in [0.5, 0.6) is 5.75 Å². The van der Waals surface area contributed by atoms with Crippen molar-refractivity contribution >= 4 is 5.69 Å². The van der Waals surface area contributed by atoms with Crippen molar-refractivity contribution in [2.75, 3.05) is 32.1 Å². The maximum atomic E-state index is 5.91. The number of hydrogen-bond acceptors (Lipinski definition) is 3. The number of methoxy groups -OCH3 is 1. The standard InChI is InChI=1S/C16H26N2O/c1-18(15-7-9-16(19-2)10-8-15)12-14-6-4-3-5-13(14)11-17/h7-10,13-14H,3-6,11-12,17H2,1-2H3. The minimum Gasteiger partial charge on any atom is -0.497 e. The number of nitrogens with two attached hydrogens (primary N) is 1. The maximum Gasteiger partial charge on any atom is 0.119 e. The smallest absolute Gasteiger partial charge is 0.119 e. The quantitative estimate of drug-likeness (QED) is 0.886. The number of anilines is 1. The van der Waals surface area contributed by atoms with E-state index in [9.17, 15) is 0 Å². The summed E-state index contributed by atoms with van der Waals surface area (Å²) in [6.07, 6.45) is 5.34. The van der Waals surface area contributed by atoms with Gasteiger partial charge in [0.15, 0.2) is 0 Å². The molecule has 1 fully saturated rings. The lowest BCUT2D eigenvalue weighted by molar-refractivity contribution is 0.248. The van der Waals surface area contributed by atoms with Gasteiger partial charge in [-0.2, -0.15) is 0 Å². The van der Waals surface area contributed by atoms with Gasteiger partial charge in [-0.05, 0) is 55.5 Å². The summed E-state index contributed by atoms with van der Waals surface area (Å²) in [4.78, 5) is 2.35. The molecule has 0 spiro atoms. The molecule has 0 bridgehead atoms. The van der Waals surface area contributed by atoms with E-state index in [0.717, 1.165) is 24.8 Å². The van der Waals surface area contributed by atoms with Gasteiger partial charge < -0.3 is 15.4 Å². The van der Waals surface area contributed by atoms with Gasteiger partial charge in [0, 0.05) is 19.3 Å². The number of benzene rings is 1. The van der Waals surface area contributed by atoms with Crippen LogP contribution in [0, 0.1) is 11.8 Å². The molecule has 19 heavy (non-hydrogen) atoms. The molecule has 1 aliphatic rings. The molecule has 2 atom stereocenters. The summed E-state index contributed by atoms with van der Waals surface area (Å²) in [6.45, 7) is 1.94. The molecule has 1 saturated carbocycles. The van der Waals surface area contributed by atoms with Crippen molar-refractivity contribution in [1.82, 2.24) is 0 Å². The lowest BCUT2D eigenvalue weighted by atomic mass is 9.79. The third-order valence-electron chi connectivity index (χ3n) is 4.39. The van der Waals surface area contributed by atoms with Crippen LogP contribution >= 0.6 is 0 Å². The minimum atomic E-state index is 0.703. The SMILES string of the molecule is COc1ccc(N(C)CC2CCCCC2CN)cc1. The highest BCUT2D eigenvalue weighted by molar-refractivity contribution is 5.48. The van der Waals surface area contributed by atoms with Crippen LogP contribution in [-0.2, 0) is 0 Å². The molecular weight excluding hydrogens is 236 g/mol. The monoisotopic (exact) mass is 262 g/mol. The molecule has 1 aromatic rings. The van der Waals surface area contributed by atoms with Crippen molar-refractivity contribution in [3.63, 3.8) is 0 Å². The molecule has 0 amide bonds. The second-order valence-electron chi connectivity index (χ2n) is 5.62. The van der Waals surface area contributed by atoms with Gasteiger partial charge in [-0.15, -0.1) is 0 Å². The number of rotatable bonds is 5. The van der Waals surface area contributed by atoms with Gasteiger partial charge >= 0.3 is 0 Å². The molecule has 3 nitrogen and oxygen atoms in total. The van der Waals surface area contributed by atoms with E-state index >= 15 is 0 Å². The van der Waals surface area contributed by atoms with Gasteiger partial charge in [0.25, 0.3) is 0 Å². The van der Waals surface area contributed by atoms with Crippen molar-refractivity contribution in [3.05, 3.63) is 24.3 Å². The number of hydrogen-bond donors (Lipinski definition) is 1. The van der Waals surface area contributed by atoms with Gasteiger partial charge in [-0.25, -0.2) is 0 Å². The highest BCUT2D eigenvalue weighted by Crippen LogP contribution is 2.31. The van der Waals surface area contributed by atoms with E-state index in [1.807, 2.05) is 12.1 Å². The second-order valence-corrected chi connectivity index (χ2v) is 5.62. The van der Waals surface area contributed by atoms with Gasteiger partial charge in [0.05, 0.1) is 7.11 Å². The Labute approximate surface area is 116 Å². The molecule has 0 radical (unpaired) electrons. The summed E-state index contributed by atoms with van der Waals surface area (Å²) in [5, 5.41) is 0. The topological polar surface area (TPSA) is 38.5 Å². The molecule has 1 aromatic carbocycles. The van der Waals surface area contributed by atoms with Crippen molar-refractivity contribution in [3.8, 4) is 5.75 Å². The third kappa shape index (κ3) is 3.63. The third-order valence-corrected chi connectivity index (χ3v) is 4.39. The lowest BCUT2D eigenvalue weighted by Crippen LogP contribution is -2.35. The van der Waals surface area contributed by atoms with Crippen LogP contribution < -0.4 is 15.4 Å². The van der Waals surface area contributed by atoms with Gasteiger partial charge in [-0.1, -0.05) is 12.8 Å². The molecule has 2 N–H and O–H groups in total. The van der Waals surface area contributed by atoms with Crippen LogP contribution in [0.1, 0.15) is 25.7 Å². The normalized spacial score (nSPS) is 23.1. The molecule has 0 saturated heterocycles. The highest BCUT2D eigenvalue weighted by atomic mass is 16.5. The summed E-state index contributed by atoms with van der Waals surface area (Å²) in [5.74, 6) is 2.36. The second kappa shape index (κ2) is 6.80. The predicted octanol–water partition coefficient (Wildman–Crippen LogP) is 2.90. The summed E-state index contributed by atoms with van der Waals surface area (Å²) < 4.78 is 5.20. The van der Waals surface area contributed by atoms with E-state index in [1.54, 1.807) is 7.11 Å². The molecule has 0 aliphatic heterocycles. The fourth-order valence-electron chi connectivity index (χ4n) is 3.13. The molecular formula is C16H26N2O. The molecule has 2 unspecified atom stereocenters. The van der Waals surface area contributed by atoms with E-state index in [1.165, 1.54) is 31.4 Å². The zero-order chi connectivity index (χ0) is 13.7. The Morgan fingerprint density at radius 2 is 1.79 bits per heavy atom. The average molecular weight is 262 g/mol. The van der Waals surface area contributed by atoms with E-state index in [2.05, 4.69) is 24.1 Å². The molecule has 1 aliphatic carbocycles.